The van der Waals surface area contributed by atoms with Gasteiger partial charge < -0.3 is 15.4 Å². The number of nitrogens with one attached hydrogen (secondary N) is 2. The Kier molecular flexibility index (Phi) is 4.80. The number of hydrogen-bond acceptors (Lipinski definition) is 3. The fourth-order valence-electron chi connectivity index (χ4n) is 2.45. The Bertz CT molecular complexity index is 428. The van der Waals surface area contributed by atoms with Gasteiger partial charge in [-0.05, 0) is 50.0 Å². The van der Waals surface area contributed by atoms with Crippen LogP contribution in [-0.2, 0) is 4.79 Å². The molecule has 1 aromatic carbocycles. The molecule has 1 aromatic rings. The van der Waals surface area contributed by atoms with Crippen molar-refractivity contribution in [3.63, 3.8) is 0 Å². The molecule has 1 amide bonds. The minimum atomic E-state index is 0.0111. The molecule has 1 aliphatic rings. The van der Waals surface area contributed by atoms with Crippen molar-refractivity contribution in [2.24, 2.45) is 5.92 Å². The average Bonchev–Trinajstić information content (AvgIpc) is 2.91. The lowest BCUT2D eigenvalue weighted by Gasteiger charge is -2.16. The Morgan fingerprint density at radius 2 is 2.42 bits per heavy atom. The molecule has 2 atom stereocenters. The standard InChI is InChI=1S/C15H22N2O2/c1-11(13-4-3-5-14(9-13)19-2)17-15(18)8-12-6-7-16-10-12/h3-5,9,11-12,16H,6-8,10H2,1-2H3,(H,17,18)/t11-,12?/m1/s1. The molecule has 0 bridgehead atoms. The van der Waals surface area contributed by atoms with E-state index in [2.05, 4.69) is 10.6 Å². The maximum absolute atomic E-state index is 12.0. The van der Waals surface area contributed by atoms with Gasteiger partial charge in [0.05, 0.1) is 13.2 Å². The largest absolute Gasteiger partial charge is 0.497 e. The minimum absolute atomic E-state index is 0.0111. The Balaban J connectivity index is 1.88. The van der Waals surface area contributed by atoms with Crippen LogP contribution in [0.1, 0.15) is 31.4 Å². The van der Waals surface area contributed by atoms with Crippen LogP contribution in [0.2, 0.25) is 0 Å². The first-order valence-corrected chi connectivity index (χ1v) is 6.83. The van der Waals surface area contributed by atoms with Crippen molar-refractivity contribution in [2.75, 3.05) is 20.2 Å². The third-order valence-corrected chi connectivity index (χ3v) is 3.61. The first-order chi connectivity index (χ1) is 9.19. The molecule has 1 heterocycles. The summed E-state index contributed by atoms with van der Waals surface area (Å²) in [5, 5.41) is 6.33. The van der Waals surface area contributed by atoms with Crippen LogP contribution in [-0.4, -0.2) is 26.1 Å². The Labute approximate surface area is 114 Å². The number of carbonyl (C=O) groups excluding carboxylic acids is 1. The molecule has 2 N–H and O–H groups in total. The van der Waals surface area contributed by atoms with Crippen molar-refractivity contribution in [2.45, 2.75) is 25.8 Å². The van der Waals surface area contributed by atoms with E-state index in [1.54, 1.807) is 7.11 Å². The summed E-state index contributed by atoms with van der Waals surface area (Å²) in [6, 6.07) is 7.82. The SMILES string of the molecule is COc1cccc([C@@H](C)NC(=O)CC2CCNC2)c1. The summed E-state index contributed by atoms with van der Waals surface area (Å²) >= 11 is 0. The normalized spacial score (nSPS) is 20.0. The summed E-state index contributed by atoms with van der Waals surface area (Å²) < 4.78 is 5.20. The minimum Gasteiger partial charge on any atom is -0.497 e. The molecule has 0 radical (unpaired) electrons. The Hall–Kier alpha value is -1.55. The van der Waals surface area contributed by atoms with Gasteiger partial charge in [0.1, 0.15) is 5.75 Å². The van der Waals surface area contributed by atoms with Gasteiger partial charge in [0.25, 0.3) is 0 Å². The molecule has 19 heavy (non-hydrogen) atoms. The Morgan fingerprint density at radius 3 is 3.11 bits per heavy atom. The van der Waals surface area contributed by atoms with Gasteiger partial charge in [0.2, 0.25) is 5.91 Å². The highest BCUT2D eigenvalue weighted by molar-refractivity contribution is 5.76. The molecule has 0 aromatic heterocycles. The van der Waals surface area contributed by atoms with E-state index in [0.717, 1.165) is 30.8 Å². The topological polar surface area (TPSA) is 50.4 Å². The first kappa shape index (κ1) is 13.9. The second-order valence-corrected chi connectivity index (χ2v) is 5.13. The molecule has 1 saturated heterocycles. The molecular weight excluding hydrogens is 240 g/mol. The number of benzene rings is 1. The molecule has 1 unspecified atom stereocenters. The third kappa shape index (κ3) is 3.96. The van der Waals surface area contributed by atoms with Crippen molar-refractivity contribution in [1.29, 1.82) is 0 Å². The molecule has 104 valence electrons. The highest BCUT2D eigenvalue weighted by Gasteiger charge is 2.19. The highest BCUT2D eigenvalue weighted by Crippen LogP contribution is 2.19. The van der Waals surface area contributed by atoms with E-state index >= 15 is 0 Å². The molecular formula is C15H22N2O2. The average molecular weight is 262 g/mol. The maximum Gasteiger partial charge on any atom is 0.220 e. The summed E-state index contributed by atoms with van der Waals surface area (Å²) in [5.74, 6) is 1.43. The predicted molar refractivity (Wildman–Crippen MR) is 75.1 cm³/mol. The van der Waals surface area contributed by atoms with Crippen LogP contribution in [0.15, 0.2) is 24.3 Å². The van der Waals surface area contributed by atoms with Gasteiger partial charge in [0, 0.05) is 6.42 Å². The molecule has 4 heteroatoms. The van der Waals surface area contributed by atoms with E-state index < -0.39 is 0 Å². The van der Waals surface area contributed by atoms with Gasteiger partial charge >= 0.3 is 0 Å². The van der Waals surface area contributed by atoms with Gasteiger partial charge in [-0.3, -0.25) is 4.79 Å². The molecule has 0 spiro atoms. The molecule has 4 nitrogen and oxygen atoms in total. The van der Waals surface area contributed by atoms with Crippen molar-refractivity contribution in [3.8, 4) is 5.75 Å². The van der Waals surface area contributed by atoms with Gasteiger partial charge in [0.15, 0.2) is 0 Å². The highest BCUT2D eigenvalue weighted by atomic mass is 16.5. The smallest absolute Gasteiger partial charge is 0.220 e. The summed E-state index contributed by atoms with van der Waals surface area (Å²) in [4.78, 5) is 12.0. The molecule has 0 saturated carbocycles. The van der Waals surface area contributed by atoms with Crippen LogP contribution in [0.5, 0.6) is 5.75 Å². The van der Waals surface area contributed by atoms with E-state index in [4.69, 9.17) is 4.74 Å². The monoisotopic (exact) mass is 262 g/mol. The lowest BCUT2D eigenvalue weighted by Crippen LogP contribution is -2.28. The zero-order chi connectivity index (χ0) is 13.7. The van der Waals surface area contributed by atoms with E-state index in [0.29, 0.717) is 12.3 Å². The van der Waals surface area contributed by atoms with Gasteiger partial charge in [-0.1, -0.05) is 12.1 Å². The summed E-state index contributed by atoms with van der Waals surface area (Å²) in [6.07, 6.45) is 1.71. The zero-order valence-electron chi connectivity index (χ0n) is 11.6. The quantitative estimate of drug-likeness (QED) is 0.851. The molecule has 1 fully saturated rings. The van der Waals surface area contributed by atoms with Crippen LogP contribution in [0.3, 0.4) is 0 Å². The summed E-state index contributed by atoms with van der Waals surface area (Å²) in [5.41, 5.74) is 1.07. The van der Waals surface area contributed by atoms with E-state index in [-0.39, 0.29) is 11.9 Å². The maximum atomic E-state index is 12.0. The number of amides is 1. The number of carbonyl (C=O) groups is 1. The van der Waals surface area contributed by atoms with E-state index in [1.807, 2.05) is 31.2 Å². The molecule has 1 aliphatic heterocycles. The fourth-order valence-corrected chi connectivity index (χ4v) is 2.45. The number of ether oxygens (including phenoxy) is 1. The first-order valence-electron chi connectivity index (χ1n) is 6.83. The second kappa shape index (κ2) is 6.57. The number of hydrogen-bond donors (Lipinski definition) is 2. The van der Waals surface area contributed by atoms with Gasteiger partial charge in [-0.15, -0.1) is 0 Å². The van der Waals surface area contributed by atoms with Crippen molar-refractivity contribution in [1.82, 2.24) is 10.6 Å². The molecule has 0 aliphatic carbocycles. The van der Waals surface area contributed by atoms with Crippen LogP contribution in [0.4, 0.5) is 0 Å². The van der Waals surface area contributed by atoms with Crippen LogP contribution < -0.4 is 15.4 Å². The summed E-state index contributed by atoms with van der Waals surface area (Å²) in [6.45, 7) is 3.99. The Morgan fingerprint density at radius 1 is 1.58 bits per heavy atom. The van der Waals surface area contributed by atoms with Gasteiger partial charge in [-0.25, -0.2) is 0 Å². The van der Waals surface area contributed by atoms with Crippen LogP contribution >= 0.6 is 0 Å². The van der Waals surface area contributed by atoms with Gasteiger partial charge in [-0.2, -0.15) is 0 Å². The molecule has 2 rings (SSSR count). The third-order valence-electron chi connectivity index (χ3n) is 3.61. The lowest BCUT2D eigenvalue weighted by molar-refractivity contribution is -0.122. The lowest BCUT2D eigenvalue weighted by atomic mass is 10.0. The second-order valence-electron chi connectivity index (χ2n) is 5.13. The fraction of sp³-hybridized carbons (Fsp3) is 0.533. The van der Waals surface area contributed by atoms with Crippen LogP contribution in [0, 0.1) is 5.92 Å². The number of rotatable bonds is 5. The van der Waals surface area contributed by atoms with Crippen molar-refractivity contribution >= 4 is 5.91 Å². The zero-order valence-corrected chi connectivity index (χ0v) is 11.6. The summed E-state index contributed by atoms with van der Waals surface area (Å²) in [7, 11) is 1.65. The van der Waals surface area contributed by atoms with Crippen molar-refractivity contribution in [3.05, 3.63) is 29.8 Å². The van der Waals surface area contributed by atoms with E-state index in [1.165, 1.54) is 0 Å². The van der Waals surface area contributed by atoms with Crippen molar-refractivity contribution < 1.29 is 9.53 Å². The van der Waals surface area contributed by atoms with Crippen LogP contribution in [0.25, 0.3) is 0 Å². The van der Waals surface area contributed by atoms with E-state index in [9.17, 15) is 4.79 Å². The number of methoxy groups -OCH3 is 1. The predicted octanol–water partition coefficient (Wildman–Crippen LogP) is 1.87.